The van der Waals surface area contributed by atoms with Crippen LogP contribution >= 0.6 is 34.7 Å². The van der Waals surface area contributed by atoms with Gasteiger partial charge in [-0.1, -0.05) is 18.5 Å². The molecule has 0 atom stereocenters. The Labute approximate surface area is 164 Å². The standard InChI is InChI=1S/C19H16ClFN2OS2/c1-3-25-16-7-13(20)6-15(8-16)23-19(24)17-5-12(10-26-17)18-11(2)4-14(21)9-22-18/h4-10H,3H2,1-2H3,(H,23,24). The number of hydrogen-bond donors (Lipinski definition) is 1. The van der Waals surface area contributed by atoms with Gasteiger partial charge in [-0.2, -0.15) is 0 Å². The highest BCUT2D eigenvalue weighted by atomic mass is 35.5. The van der Waals surface area contributed by atoms with Crippen molar-refractivity contribution < 1.29 is 9.18 Å². The van der Waals surface area contributed by atoms with E-state index in [1.807, 2.05) is 17.5 Å². The number of anilines is 1. The summed E-state index contributed by atoms with van der Waals surface area (Å²) in [5.74, 6) is 0.336. The minimum Gasteiger partial charge on any atom is -0.321 e. The van der Waals surface area contributed by atoms with Gasteiger partial charge in [0.1, 0.15) is 5.82 Å². The van der Waals surface area contributed by atoms with E-state index >= 15 is 0 Å². The van der Waals surface area contributed by atoms with Crippen LogP contribution in [0.3, 0.4) is 0 Å². The van der Waals surface area contributed by atoms with Crippen LogP contribution in [0.4, 0.5) is 10.1 Å². The first-order valence-electron chi connectivity index (χ1n) is 7.92. The second kappa shape index (κ2) is 8.20. The Kier molecular flexibility index (Phi) is 5.96. The Morgan fingerprint density at radius 3 is 2.85 bits per heavy atom. The first-order chi connectivity index (χ1) is 12.5. The fourth-order valence-corrected chi connectivity index (χ4v) is 4.34. The van der Waals surface area contributed by atoms with Gasteiger partial charge in [0.2, 0.25) is 0 Å². The normalized spacial score (nSPS) is 10.8. The van der Waals surface area contributed by atoms with Gasteiger partial charge in [0.15, 0.2) is 0 Å². The summed E-state index contributed by atoms with van der Waals surface area (Å²) in [6, 6.07) is 8.69. The zero-order valence-electron chi connectivity index (χ0n) is 14.2. The first kappa shape index (κ1) is 18.9. The van der Waals surface area contributed by atoms with Crippen LogP contribution in [0.25, 0.3) is 11.3 Å². The number of carbonyl (C=O) groups excluding carboxylic acids is 1. The van der Waals surface area contributed by atoms with Gasteiger partial charge in [-0.3, -0.25) is 9.78 Å². The highest BCUT2D eigenvalue weighted by molar-refractivity contribution is 7.99. The van der Waals surface area contributed by atoms with Crippen molar-refractivity contribution in [2.75, 3.05) is 11.1 Å². The molecule has 26 heavy (non-hydrogen) atoms. The summed E-state index contributed by atoms with van der Waals surface area (Å²) in [5.41, 5.74) is 2.85. The molecular formula is C19H16ClFN2OS2. The Balaban J connectivity index is 1.80. The van der Waals surface area contributed by atoms with Gasteiger partial charge in [0, 0.05) is 26.5 Å². The van der Waals surface area contributed by atoms with E-state index in [-0.39, 0.29) is 11.7 Å². The minimum absolute atomic E-state index is 0.212. The monoisotopic (exact) mass is 406 g/mol. The highest BCUT2D eigenvalue weighted by Crippen LogP contribution is 2.29. The molecule has 0 bridgehead atoms. The molecule has 1 aromatic carbocycles. The van der Waals surface area contributed by atoms with E-state index in [9.17, 15) is 9.18 Å². The van der Waals surface area contributed by atoms with Gasteiger partial charge in [0.25, 0.3) is 5.91 Å². The Hall–Kier alpha value is -1.89. The quantitative estimate of drug-likeness (QED) is 0.507. The van der Waals surface area contributed by atoms with Crippen molar-refractivity contribution in [2.45, 2.75) is 18.7 Å². The molecular weight excluding hydrogens is 391 g/mol. The van der Waals surface area contributed by atoms with Gasteiger partial charge in [-0.25, -0.2) is 4.39 Å². The molecule has 2 heterocycles. The number of thioether (sulfide) groups is 1. The summed E-state index contributed by atoms with van der Waals surface area (Å²) < 4.78 is 13.2. The van der Waals surface area contributed by atoms with E-state index < -0.39 is 0 Å². The van der Waals surface area contributed by atoms with E-state index in [1.54, 1.807) is 30.8 Å². The van der Waals surface area contributed by atoms with Crippen LogP contribution in [0, 0.1) is 12.7 Å². The molecule has 1 N–H and O–H groups in total. The molecule has 3 aromatic rings. The zero-order chi connectivity index (χ0) is 18.7. The molecule has 3 rings (SSSR count). The van der Waals surface area contributed by atoms with Crippen molar-refractivity contribution in [3.05, 3.63) is 63.2 Å². The summed E-state index contributed by atoms with van der Waals surface area (Å²) in [5, 5.41) is 5.31. The summed E-state index contributed by atoms with van der Waals surface area (Å²) in [4.78, 5) is 18.2. The molecule has 0 aliphatic heterocycles. The number of hydrogen-bond acceptors (Lipinski definition) is 4. The summed E-state index contributed by atoms with van der Waals surface area (Å²) in [6.07, 6.45) is 1.18. The van der Waals surface area contributed by atoms with Gasteiger partial charge >= 0.3 is 0 Å². The number of pyridine rings is 1. The highest BCUT2D eigenvalue weighted by Gasteiger charge is 2.13. The SMILES string of the molecule is CCSc1cc(Cl)cc(NC(=O)c2cc(-c3ncc(F)cc3C)cs2)c1. The Morgan fingerprint density at radius 1 is 1.31 bits per heavy atom. The molecule has 0 saturated carbocycles. The Morgan fingerprint density at radius 2 is 2.12 bits per heavy atom. The molecule has 0 spiro atoms. The minimum atomic E-state index is -0.374. The van der Waals surface area contributed by atoms with Crippen LogP contribution in [0.2, 0.25) is 5.02 Å². The molecule has 3 nitrogen and oxygen atoms in total. The first-order valence-corrected chi connectivity index (χ1v) is 10.2. The summed E-state index contributed by atoms with van der Waals surface area (Å²) >= 11 is 9.11. The van der Waals surface area contributed by atoms with E-state index in [2.05, 4.69) is 17.2 Å². The molecule has 2 aromatic heterocycles. The molecule has 1 amide bonds. The van der Waals surface area contributed by atoms with Crippen LogP contribution in [-0.2, 0) is 0 Å². The molecule has 0 saturated heterocycles. The third kappa shape index (κ3) is 4.44. The van der Waals surface area contributed by atoms with Gasteiger partial charge < -0.3 is 5.32 Å². The van der Waals surface area contributed by atoms with Crippen molar-refractivity contribution in [1.82, 2.24) is 4.98 Å². The van der Waals surface area contributed by atoms with E-state index in [0.717, 1.165) is 21.8 Å². The van der Waals surface area contributed by atoms with E-state index in [1.165, 1.54) is 23.6 Å². The number of nitrogens with zero attached hydrogens (tertiary/aromatic N) is 1. The average molecular weight is 407 g/mol. The lowest BCUT2D eigenvalue weighted by Crippen LogP contribution is -2.10. The molecule has 7 heteroatoms. The maximum atomic E-state index is 13.2. The predicted octanol–water partition coefficient (Wildman–Crippen LogP) is 6.28. The zero-order valence-corrected chi connectivity index (χ0v) is 16.6. The third-order valence-corrected chi connectivity index (χ3v) is 5.59. The van der Waals surface area contributed by atoms with Crippen molar-refractivity contribution in [1.29, 1.82) is 0 Å². The number of amides is 1. The lowest BCUT2D eigenvalue weighted by atomic mass is 10.1. The largest absolute Gasteiger partial charge is 0.321 e. The number of aryl methyl sites for hydroxylation is 1. The second-order valence-electron chi connectivity index (χ2n) is 5.58. The van der Waals surface area contributed by atoms with Crippen molar-refractivity contribution >= 4 is 46.3 Å². The fraction of sp³-hybridized carbons (Fsp3) is 0.158. The average Bonchev–Trinajstić information content (AvgIpc) is 3.04. The number of rotatable bonds is 5. The lowest BCUT2D eigenvalue weighted by molar-refractivity contribution is 0.103. The van der Waals surface area contributed by atoms with Crippen molar-refractivity contribution in [3.63, 3.8) is 0 Å². The molecule has 134 valence electrons. The van der Waals surface area contributed by atoms with Crippen molar-refractivity contribution in [3.8, 4) is 11.3 Å². The predicted molar refractivity (Wildman–Crippen MR) is 108 cm³/mol. The van der Waals surface area contributed by atoms with Gasteiger partial charge in [0.05, 0.1) is 16.8 Å². The number of nitrogens with one attached hydrogen (secondary N) is 1. The third-order valence-electron chi connectivity index (χ3n) is 3.58. The van der Waals surface area contributed by atoms with E-state index in [4.69, 9.17) is 11.6 Å². The van der Waals surface area contributed by atoms with Gasteiger partial charge in [-0.15, -0.1) is 23.1 Å². The van der Waals surface area contributed by atoms with Crippen molar-refractivity contribution in [2.24, 2.45) is 0 Å². The Bertz CT molecular complexity index is 958. The number of carbonyl (C=O) groups is 1. The molecule has 0 radical (unpaired) electrons. The van der Waals surface area contributed by atoms with Crippen LogP contribution < -0.4 is 5.32 Å². The van der Waals surface area contributed by atoms with Crippen LogP contribution in [-0.4, -0.2) is 16.6 Å². The maximum absolute atomic E-state index is 13.2. The number of benzene rings is 1. The van der Waals surface area contributed by atoms with Gasteiger partial charge in [-0.05, 0) is 48.6 Å². The number of thiophene rings is 1. The van der Waals surface area contributed by atoms with Crippen LogP contribution in [0.1, 0.15) is 22.2 Å². The van der Waals surface area contributed by atoms with E-state index in [0.29, 0.717) is 21.3 Å². The topological polar surface area (TPSA) is 42.0 Å². The van der Waals surface area contributed by atoms with Crippen LogP contribution in [0.5, 0.6) is 0 Å². The second-order valence-corrected chi connectivity index (χ2v) is 8.27. The maximum Gasteiger partial charge on any atom is 0.265 e. The molecule has 0 unspecified atom stereocenters. The number of halogens is 2. The molecule has 0 fully saturated rings. The fourth-order valence-electron chi connectivity index (χ4n) is 2.50. The lowest BCUT2D eigenvalue weighted by Gasteiger charge is -2.07. The number of aromatic nitrogens is 1. The summed E-state index contributed by atoms with van der Waals surface area (Å²) in [7, 11) is 0. The smallest absolute Gasteiger partial charge is 0.265 e. The molecule has 0 aliphatic rings. The molecule has 0 aliphatic carbocycles. The summed E-state index contributed by atoms with van der Waals surface area (Å²) in [6.45, 7) is 3.85. The van der Waals surface area contributed by atoms with Crippen LogP contribution in [0.15, 0.2) is 46.8 Å².